The monoisotopic (exact) mass is 601 g/mol. The normalized spacial score (nSPS) is 16.5. The largest absolute Gasteiger partial charge is 0.508 e. The Labute approximate surface area is 262 Å². The highest BCUT2D eigenvalue weighted by molar-refractivity contribution is 6.37. The quantitative estimate of drug-likeness (QED) is 0.202. The van der Waals surface area contributed by atoms with E-state index < -0.39 is 11.9 Å². The second kappa shape index (κ2) is 13.4. The number of hydrogen-bond acceptors (Lipinski definition) is 7. The third-order valence-electron chi connectivity index (χ3n) is 8.85. The van der Waals surface area contributed by atoms with Gasteiger partial charge in [-0.05, 0) is 115 Å². The van der Waals surface area contributed by atoms with Gasteiger partial charge in [-0.1, -0.05) is 30.3 Å². The number of esters is 1. The number of ether oxygens (including phenoxy) is 2. The molecule has 2 N–H and O–H groups in total. The molecule has 0 spiro atoms. The van der Waals surface area contributed by atoms with Gasteiger partial charge < -0.3 is 19.9 Å². The third kappa shape index (κ3) is 7.79. The summed E-state index contributed by atoms with van der Waals surface area (Å²) in [5.74, 6) is -0.258. The van der Waals surface area contributed by atoms with E-state index in [0.717, 1.165) is 36.1 Å². The van der Waals surface area contributed by atoms with Gasteiger partial charge in [-0.15, -0.1) is 0 Å². The minimum Gasteiger partial charge on any atom is -0.508 e. The number of likely N-dealkylation sites (tertiary alicyclic amines) is 1. The van der Waals surface area contributed by atoms with Crippen LogP contribution in [0.3, 0.4) is 0 Å². The van der Waals surface area contributed by atoms with E-state index in [1.165, 1.54) is 5.56 Å². The molecule has 0 atom stereocenters. The zero-order valence-corrected chi connectivity index (χ0v) is 27.4. The molecule has 1 heterocycles. The summed E-state index contributed by atoms with van der Waals surface area (Å²) in [6, 6.07) is 19.7. The molecule has 4 rings (SSSR count). The zero-order chi connectivity index (χ0) is 32.2. The fourth-order valence-corrected chi connectivity index (χ4v) is 6.36. The van der Waals surface area contributed by atoms with Crippen LogP contribution >= 0.6 is 0 Å². The van der Waals surface area contributed by atoms with Crippen molar-refractivity contribution in [3.05, 3.63) is 82.9 Å². The van der Waals surface area contributed by atoms with Crippen molar-refractivity contribution in [3.63, 3.8) is 0 Å². The van der Waals surface area contributed by atoms with Crippen molar-refractivity contribution in [2.45, 2.75) is 91.5 Å². The lowest BCUT2D eigenvalue weighted by molar-refractivity contribution is -0.152. The molecule has 0 saturated carbocycles. The molecule has 44 heavy (non-hydrogen) atoms. The molecule has 1 aliphatic heterocycles. The molecule has 0 radical (unpaired) electrons. The number of amides is 1. The van der Waals surface area contributed by atoms with Gasteiger partial charge in [-0.3, -0.25) is 14.6 Å². The number of aryl methyl sites for hydroxylation is 2. The summed E-state index contributed by atoms with van der Waals surface area (Å²) < 4.78 is 11.1. The number of anilines is 1. The van der Waals surface area contributed by atoms with Crippen molar-refractivity contribution in [3.8, 4) is 17.2 Å². The molecule has 236 valence electrons. The summed E-state index contributed by atoms with van der Waals surface area (Å²) in [5.41, 5.74) is 4.13. The average Bonchev–Trinajstić information content (AvgIpc) is 2.95. The molecule has 3 aromatic rings. The van der Waals surface area contributed by atoms with E-state index in [0.29, 0.717) is 29.8 Å². The predicted octanol–water partition coefficient (Wildman–Crippen LogP) is 6.96. The fourth-order valence-electron chi connectivity index (χ4n) is 6.36. The number of benzene rings is 3. The van der Waals surface area contributed by atoms with Gasteiger partial charge in [0.15, 0.2) is 0 Å². The fraction of sp³-hybridized carbons (Fsp3) is 0.444. The van der Waals surface area contributed by atoms with E-state index in [1.54, 1.807) is 31.2 Å². The predicted molar refractivity (Wildman–Crippen MR) is 174 cm³/mol. The Morgan fingerprint density at radius 3 is 2.16 bits per heavy atom. The Morgan fingerprint density at radius 2 is 1.57 bits per heavy atom. The molecule has 0 unspecified atom stereocenters. The Balaban J connectivity index is 1.59. The number of rotatable bonds is 9. The van der Waals surface area contributed by atoms with Crippen molar-refractivity contribution >= 4 is 17.6 Å². The topological polar surface area (TPSA) is 91.3 Å². The summed E-state index contributed by atoms with van der Waals surface area (Å²) in [7, 11) is 2.22. The molecule has 0 aliphatic carbocycles. The van der Waals surface area contributed by atoms with E-state index in [9.17, 15) is 14.7 Å². The van der Waals surface area contributed by atoms with Crippen LogP contribution in [0.25, 0.3) is 0 Å². The van der Waals surface area contributed by atoms with Crippen molar-refractivity contribution in [2.75, 3.05) is 19.0 Å². The summed E-state index contributed by atoms with van der Waals surface area (Å²) in [6.45, 7) is 16.1. The first kappa shape index (κ1) is 33.0. The van der Waals surface area contributed by atoms with Crippen LogP contribution in [0.5, 0.6) is 17.2 Å². The first-order chi connectivity index (χ1) is 20.7. The molecule has 1 amide bonds. The molecule has 0 aromatic heterocycles. The Morgan fingerprint density at radius 1 is 0.955 bits per heavy atom. The standard InChI is InChI=1S/C36H47N3O5/c1-9-43-34(42)33(41)37-28-17-24(2)32(25(3)18-28)44-30-15-16-31(40)27(19-30)23-39(22-26-13-11-10-12-14-26)29-20-35(4,5)38(8)36(6,7)21-29/h10-19,29,40H,9,20-23H2,1-8H3,(H,37,41). The van der Waals surface area contributed by atoms with Gasteiger partial charge in [0.1, 0.15) is 17.2 Å². The van der Waals surface area contributed by atoms with Crippen molar-refractivity contribution < 1.29 is 24.2 Å². The summed E-state index contributed by atoms with van der Waals surface area (Å²) in [6.07, 6.45) is 2.02. The molecule has 1 aliphatic rings. The summed E-state index contributed by atoms with van der Waals surface area (Å²) in [4.78, 5) is 28.9. The van der Waals surface area contributed by atoms with Gasteiger partial charge in [0, 0.05) is 41.5 Å². The van der Waals surface area contributed by atoms with Crippen LogP contribution in [-0.4, -0.2) is 57.6 Å². The number of piperidine rings is 1. The van der Waals surface area contributed by atoms with E-state index in [-0.39, 0.29) is 23.4 Å². The van der Waals surface area contributed by atoms with E-state index in [1.807, 2.05) is 26.0 Å². The Kier molecular flexibility index (Phi) is 10.1. The molecule has 8 heteroatoms. The third-order valence-corrected chi connectivity index (χ3v) is 8.85. The van der Waals surface area contributed by atoms with Gasteiger partial charge in [0.05, 0.1) is 6.61 Å². The highest BCUT2D eigenvalue weighted by Gasteiger charge is 2.44. The van der Waals surface area contributed by atoms with E-state index in [2.05, 4.69) is 74.1 Å². The minimum atomic E-state index is -0.923. The molecule has 3 aromatic carbocycles. The maximum atomic E-state index is 12.1. The van der Waals surface area contributed by atoms with Crippen LogP contribution < -0.4 is 10.1 Å². The van der Waals surface area contributed by atoms with Crippen molar-refractivity contribution in [1.29, 1.82) is 0 Å². The van der Waals surface area contributed by atoms with Crippen LogP contribution in [0, 0.1) is 13.8 Å². The lowest BCUT2D eigenvalue weighted by atomic mass is 9.76. The first-order valence-electron chi connectivity index (χ1n) is 15.3. The van der Waals surface area contributed by atoms with E-state index >= 15 is 0 Å². The molecular weight excluding hydrogens is 554 g/mol. The van der Waals surface area contributed by atoms with Crippen molar-refractivity contribution in [2.24, 2.45) is 0 Å². The molecular formula is C36H47N3O5. The van der Waals surface area contributed by atoms with Crippen LogP contribution in [0.15, 0.2) is 60.7 Å². The van der Waals surface area contributed by atoms with Crippen LogP contribution in [0.4, 0.5) is 5.69 Å². The molecule has 1 saturated heterocycles. The highest BCUT2D eigenvalue weighted by Crippen LogP contribution is 2.41. The van der Waals surface area contributed by atoms with Gasteiger partial charge in [-0.25, -0.2) is 4.79 Å². The second-order valence-electron chi connectivity index (χ2n) is 13.1. The SMILES string of the molecule is CCOC(=O)C(=O)Nc1cc(C)c(Oc2ccc(O)c(CN(Cc3ccccc3)C3CC(C)(C)N(C)C(C)(C)C3)c2)c(C)c1. The number of nitrogens with one attached hydrogen (secondary N) is 1. The van der Waals surface area contributed by atoms with E-state index in [4.69, 9.17) is 9.47 Å². The Hall–Kier alpha value is -3.88. The van der Waals surface area contributed by atoms with Crippen LogP contribution in [-0.2, 0) is 27.4 Å². The maximum Gasteiger partial charge on any atom is 0.397 e. The number of phenols is 1. The summed E-state index contributed by atoms with van der Waals surface area (Å²) >= 11 is 0. The van der Waals surface area contributed by atoms with Crippen molar-refractivity contribution in [1.82, 2.24) is 9.80 Å². The average molecular weight is 602 g/mol. The number of hydrogen-bond donors (Lipinski definition) is 2. The minimum absolute atomic E-state index is 0.0192. The zero-order valence-electron chi connectivity index (χ0n) is 27.4. The second-order valence-corrected chi connectivity index (χ2v) is 13.1. The van der Waals surface area contributed by atoms with Crippen LogP contribution in [0.2, 0.25) is 0 Å². The summed E-state index contributed by atoms with van der Waals surface area (Å²) in [5, 5.41) is 13.6. The van der Waals surface area contributed by atoms with Gasteiger partial charge in [0.2, 0.25) is 0 Å². The van der Waals surface area contributed by atoms with Gasteiger partial charge in [-0.2, -0.15) is 0 Å². The molecule has 8 nitrogen and oxygen atoms in total. The number of nitrogens with zero attached hydrogens (tertiary/aromatic N) is 2. The maximum absolute atomic E-state index is 12.1. The smallest absolute Gasteiger partial charge is 0.397 e. The highest BCUT2D eigenvalue weighted by atomic mass is 16.5. The number of aromatic hydroxyl groups is 1. The van der Waals surface area contributed by atoms with Gasteiger partial charge >= 0.3 is 11.9 Å². The number of carbonyl (C=O) groups is 2. The van der Waals surface area contributed by atoms with Gasteiger partial charge in [0.25, 0.3) is 0 Å². The molecule has 0 bridgehead atoms. The van der Waals surface area contributed by atoms with Crippen LogP contribution in [0.1, 0.15) is 69.7 Å². The molecule has 1 fully saturated rings. The first-order valence-corrected chi connectivity index (χ1v) is 15.3. The lowest BCUT2D eigenvalue weighted by Gasteiger charge is -2.55. The lowest BCUT2D eigenvalue weighted by Crippen LogP contribution is -2.62. The number of carbonyl (C=O) groups excluding carboxylic acids is 2. The Bertz CT molecular complexity index is 1440. The number of phenolic OH excluding ortho intramolecular Hbond substituents is 1.